The molecule has 0 aromatic rings. The summed E-state index contributed by atoms with van der Waals surface area (Å²) in [4.78, 5) is 28.6. The summed E-state index contributed by atoms with van der Waals surface area (Å²) >= 11 is 0. The summed E-state index contributed by atoms with van der Waals surface area (Å²) in [5.74, 6) is -1.81. The molecule has 0 heterocycles. The number of rotatable bonds is 6. The van der Waals surface area contributed by atoms with E-state index in [0.29, 0.717) is 0 Å². The average molecular weight is 328 g/mol. The molecule has 0 spiro atoms. The van der Waals surface area contributed by atoms with Gasteiger partial charge in [-0.3, -0.25) is 9.59 Å². The second-order valence-corrected chi connectivity index (χ2v) is 4.37. The first-order valence-electron chi connectivity index (χ1n) is 6.13. The van der Waals surface area contributed by atoms with Crippen molar-refractivity contribution in [2.75, 3.05) is 6.61 Å². The number of aldehydes is 1. The van der Waals surface area contributed by atoms with Crippen LogP contribution in [0.25, 0.3) is 0 Å². The third-order valence-corrected chi connectivity index (χ3v) is 1.91. The Morgan fingerprint density at radius 2 is 1.32 bits per heavy atom. The maximum absolute atomic E-state index is 9.90. The lowest BCUT2D eigenvalue weighted by atomic mass is 10.0. The lowest BCUT2D eigenvalue weighted by Gasteiger charge is -2.22. The van der Waals surface area contributed by atoms with Crippen LogP contribution in [0.5, 0.6) is 0 Å². The summed E-state index contributed by atoms with van der Waals surface area (Å²) in [5.41, 5.74) is 0. The summed E-state index contributed by atoms with van der Waals surface area (Å²) in [6.45, 7) is 3.61. The van der Waals surface area contributed by atoms with Gasteiger partial charge in [0, 0.05) is 6.92 Å². The Kier molecular flexibility index (Phi) is 16.5. The van der Waals surface area contributed by atoms with Crippen molar-refractivity contribution in [1.82, 2.24) is 0 Å². The normalized spacial score (nSPS) is 15.1. The molecule has 4 atom stereocenters. The molecular formula is C12H24O10. The molecule has 132 valence electrons. The van der Waals surface area contributed by atoms with E-state index in [0.717, 1.165) is 6.92 Å². The molecular weight excluding hydrogens is 304 g/mol. The van der Waals surface area contributed by atoms with E-state index in [1.165, 1.54) is 0 Å². The van der Waals surface area contributed by atoms with Gasteiger partial charge in [0.15, 0.2) is 6.29 Å². The number of hydrogen-bond donors (Lipinski definition) is 7. The fourth-order valence-electron chi connectivity index (χ4n) is 0.618. The van der Waals surface area contributed by atoms with E-state index in [4.69, 9.17) is 40.5 Å². The van der Waals surface area contributed by atoms with Crippen molar-refractivity contribution < 1.29 is 50.1 Å². The Bertz CT molecular complexity index is 313. The number of carboxylic acids is 2. The van der Waals surface area contributed by atoms with Crippen LogP contribution in [0, 0.1) is 5.92 Å². The Morgan fingerprint density at radius 1 is 1.00 bits per heavy atom. The molecule has 0 bridgehead atoms. The summed E-state index contributed by atoms with van der Waals surface area (Å²) in [7, 11) is 0. The Morgan fingerprint density at radius 3 is 1.50 bits per heavy atom. The van der Waals surface area contributed by atoms with Gasteiger partial charge in [-0.05, 0) is 0 Å². The molecule has 0 fully saturated rings. The molecule has 0 aliphatic carbocycles. The number of hydrogen-bond acceptors (Lipinski definition) is 8. The van der Waals surface area contributed by atoms with Crippen molar-refractivity contribution in [3.05, 3.63) is 0 Å². The van der Waals surface area contributed by atoms with Crippen LogP contribution < -0.4 is 0 Å². The number of carbonyl (C=O) groups excluding carboxylic acids is 1. The molecule has 0 saturated carbocycles. The van der Waals surface area contributed by atoms with Gasteiger partial charge < -0.3 is 40.5 Å². The van der Waals surface area contributed by atoms with E-state index in [1.807, 2.05) is 0 Å². The molecule has 0 rings (SSSR count). The lowest BCUT2D eigenvalue weighted by Crippen LogP contribution is -2.46. The van der Waals surface area contributed by atoms with Gasteiger partial charge in [0.25, 0.3) is 5.97 Å². The zero-order valence-corrected chi connectivity index (χ0v) is 12.5. The van der Waals surface area contributed by atoms with Crippen LogP contribution >= 0.6 is 0 Å². The number of carboxylic acid groups (broad SMARTS) is 2. The minimum absolute atomic E-state index is 0.0258. The highest BCUT2D eigenvalue weighted by molar-refractivity contribution is 5.68. The number of aliphatic hydroxyl groups excluding tert-OH is 5. The number of carbonyl (C=O) groups is 3. The van der Waals surface area contributed by atoms with Crippen molar-refractivity contribution in [2.24, 2.45) is 5.92 Å². The van der Waals surface area contributed by atoms with Crippen LogP contribution in [0.3, 0.4) is 0 Å². The maximum Gasteiger partial charge on any atom is 0.305 e. The van der Waals surface area contributed by atoms with Gasteiger partial charge >= 0.3 is 5.97 Å². The summed E-state index contributed by atoms with van der Waals surface area (Å²) < 4.78 is 0. The van der Waals surface area contributed by atoms with E-state index in [9.17, 15) is 9.59 Å². The molecule has 0 aliphatic rings. The van der Waals surface area contributed by atoms with E-state index in [-0.39, 0.29) is 12.2 Å². The summed E-state index contributed by atoms with van der Waals surface area (Å²) in [6.07, 6.45) is -6.84. The van der Waals surface area contributed by atoms with Crippen molar-refractivity contribution in [3.63, 3.8) is 0 Å². The van der Waals surface area contributed by atoms with E-state index >= 15 is 0 Å². The predicted molar refractivity (Wildman–Crippen MR) is 73.0 cm³/mol. The highest BCUT2D eigenvalue weighted by Crippen LogP contribution is 2.02. The molecule has 0 radical (unpaired) electrons. The first-order valence-corrected chi connectivity index (χ1v) is 6.13. The fourth-order valence-corrected chi connectivity index (χ4v) is 0.618. The smallest absolute Gasteiger partial charge is 0.305 e. The van der Waals surface area contributed by atoms with Gasteiger partial charge in [-0.25, -0.2) is 0 Å². The van der Waals surface area contributed by atoms with Crippen LogP contribution in [0.1, 0.15) is 20.8 Å². The molecule has 0 aliphatic heterocycles. The standard InChI is InChI=1S/C6H12O6.C4H8O2.C2H4O2/c7-1-3(9)5(11)6(12)4(10)2-8;1-3(2)4(5)6;1-2(3)4/h1,3-6,8-12H,2H2;3H,1-2H3,(H,5,6);1H3,(H,3,4)/t3-,4+,5+,6+;;/m0../s1. The summed E-state index contributed by atoms with van der Waals surface area (Å²) in [6, 6.07) is 0. The number of aliphatic hydroxyl groups is 5. The maximum atomic E-state index is 9.90. The minimum atomic E-state index is -1.79. The Hall–Kier alpha value is -1.59. The van der Waals surface area contributed by atoms with Crippen LogP contribution in [0.2, 0.25) is 0 Å². The third kappa shape index (κ3) is 16.5. The molecule has 10 nitrogen and oxygen atoms in total. The zero-order valence-electron chi connectivity index (χ0n) is 12.5. The predicted octanol–water partition coefficient (Wildman–Crippen LogP) is -2.56. The van der Waals surface area contributed by atoms with Gasteiger partial charge in [0.05, 0.1) is 12.5 Å². The van der Waals surface area contributed by atoms with Crippen molar-refractivity contribution in [2.45, 2.75) is 45.2 Å². The first kappa shape index (κ1) is 25.4. The van der Waals surface area contributed by atoms with Gasteiger partial charge in [-0.15, -0.1) is 0 Å². The Balaban J connectivity index is -0.000000300. The molecule has 0 aromatic carbocycles. The minimum Gasteiger partial charge on any atom is -0.481 e. The molecule has 10 heteroatoms. The van der Waals surface area contributed by atoms with Crippen LogP contribution in [0.4, 0.5) is 0 Å². The topological polar surface area (TPSA) is 193 Å². The third-order valence-electron chi connectivity index (χ3n) is 1.91. The monoisotopic (exact) mass is 328 g/mol. The van der Waals surface area contributed by atoms with Crippen LogP contribution in [-0.4, -0.2) is 85.0 Å². The van der Waals surface area contributed by atoms with Gasteiger partial charge in [0.1, 0.15) is 24.4 Å². The molecule has 0 unspecified atom stereocenters. The zero-order chi connectivity index (χ0) is 18.5. The second kappa shape index (κ2) is 14.4. The van der Waals surface area contributed by atoms with E-state index in [1.54, 1.807) is 13.8 Å². The van der Waals surface area contributed by atoms with Gasteiger partial charge in [-0.2, -0.15) is 0 Å². The van der Waals surface area contributed by atoms with E-state index < -0.39 is 43.0 Å². The molecule has 7 N–H and O–H groups in total. The summed E-state index contributed by atoms with van der Waals surface area (Å²) in [5, 5.41) is 58.9. The van der Waals surface area contributed by atoms with Gasteiger partial charge in [-0.1, -0.05) is 13.8 Å². The van der Waals surface area contributed by atoms with Gasteiger partial charge in [0.2, 0.25) is 0 Å². The highest BCUT2D eigenvalue weighted by Gasteiger charge is 2.29. The second-order valence-electron chi connectivity index (χ2n) is 4.37. The highest BCUT2D eigenvalue weighted by atomic mass is 16.4. The van der Waals surface area contributed by atoms with Crippen molar-refractivity contribution in [1.29, 1.82) is 0 Å². The van der Waals surface area contributed by atoms with Crippen LogP contribution in [-0.2, 0) is 14.4 Å². The average Bonchev–Trinajstić information content (AvgIpc) is 2.43. The van der Waals surface area contributed by atoms with E-state index in [2.05, 4.69) is 0 Å². The molecule has 0 saturated heterocycles. The number of aliphatic carboxylic acids is 2. The Labute approximate surface area is 127 Å². The largest absolute Gasteiger partial charge is 0.481 e. The molecule has 22 heavy (non-hydrogen) atoms. The first-order chi connectivity index (χ1) is 9.91. The van der Waals surface area contributed by atoms with Crippen molar-refractivity contribution >= 4 is 18.2 Å². The fraction of sp³-hybridized carbons (Fsp3) is 0.750. The lowest BCUT2D eigenvalue weighted by molar-refractivity contribution is -0.140. The molecule has 0 amide bonds. The molecule has 0 aromatic heterocycles. The quantitative estimate of drug-likeness (QED) is 0.255. The SMILES string of the molecule is CC(=O)O.CC(C)C(=O)O.O=C[C@H](O)[C@@H](O)[C@H](O)[C@H](O)CO. The van der Waals surface area contributed by atoms with Crippen molar-refractivity contribution in [3.8, 4) is 0 Å². The van der Waals surface area contributed by atoms with Crippen LogP contribution in [0.15, 0.2) is 0 Å².